The maximum absolute atomic E-state index is 9.74. The number of aliphatic hydroxyl groups excluding tert-OH is 1. The van der Waals surface area contributed by atoms with Crippen LogP contribution in [-0.2, 0) is 11.3 Å². The van der Waals surface area contributed by atoms with Crippen LogP contribution in [0.25, 0.3) is 0 Å². The number of benzene rings is 1. The quantitative estimate of drug-likeness (QED) is 0.612. The minimum atomic E-state index is -0.642. The average Bonchev–Trinajstić information content (AvgIpc) is 2.51. The molecule has 1 aromatic rings. The number of methoxy groups -OCH3 is 1. The molecule has 0 aliphatic heterocycles. The molecular formula is C16H27NO4. The Labute approximate surface area is 127 Å². The third-order valence-electron chi connectivity index (χ3n) is 2.93. The molecule has 21 heavy (non-hydrogen) atoms. The second-order valence-electron chi connectivity index (χ2n) is 4.79. The van der Waals surface area contributed by atoms with E-state index in [1.165, 1.54) is 0 Å². The van der Waals surface area contributed by atoms with Gasteiger partial charge in [-0.1, -0.05) is 13.0 Å². The van der Waals surface area contributed by atoms with E-state index in [0.717, 1.165) is 25.1 Å². The van der Waals surface area contributed by atoms with Gasteiger partial charge in [-0.25, -0.2) is 0 Å². The van der Waals surface area contributed by atoms with Gasteiger partial charge in [0.25, 0.3) is 0 Å². The molecule has 0 amide bonds. The summed E-state index contributed by atoms with van der Waals surface area (Å²) < 4.78 is 16.1. The predicted molar refractivity (Wildman–Crippen MR) is 83.0 cm³/mol. The number of hydrogen-bond acceptors (Lipinski definition) is 5. The van der Waals surface area contributed by atoms with Gasteiger partial charge in [-0.3, -0.25) is 0 Å². The molecule has 1 rings (SSSR count). The van der Waals surface area contributed by atoms with Gasteiger partial charge in [-0.2, -0.15) is 0 Å². The molecule has 0 heterocycles. The Morgan fingerprint density at radius 1 is 1.19 bits per heavy atom. The Hall–Kier alpha value is -1.30. The van der Waals surface area contributed by atoms with Gasteiger partial charge in [0.2, 0.25) is 0 Å². The highest BCUT2D eigenvalue weighted by molar-refractivity contribution is 5.43. The van der Waals surface area contributed by atoms with Gasteiger partial charge >= 0.3 is 0 Å². The van der Waals surface area contributed by atoms with Crippen molar-refractivity contribution in [1.29, 1.82) is 0 Å². The van der Waals surface area contributed by atoms with Crippen LogP contribution < -0.4 is 14.8 Å². The minimum absolute atomic E-state index is 0.183. The summed E-state index contributed by atoms with van der Waals surface area (Å²) in [5.74, 6) is 1.31. The average molecular weight is 297 g/mol. The Balaban J connectivity index is 2.58. The van der Waals surface area contributed by atoms with E-state index < -0.39 is 6.10 Å². The van der Waals surface area contributed by atoms with Crippen molar-refractivity contribution in [3.8, 4) is 11.5 Å². The number of aliphatic hydroxyl groups is 1. The first-order valence-electron chi connectivity index (χ1n) is 7.47. The molecule has 0 aromatic heterocycles. The van der Waals surface area contributed by atoms with E-state index in [-0.39, 0.29) is 13.2 Å². The van der Waals surface area contributed by atoms with E-state index in [4.69, 9.17) is 14.2 Å². The van der Waals surface area contributed by atoms with Crippen LogP contribution in [0.15, 0.2) is 18.2 Å². The zero-order chi connectivity index (χ0) is 15.5. The molecule has 1 unspecified atom stereocenters. The predicted octanol–water partition coefficient (Wildman–Crippen LogP) is 1.97. The molecular weight excluding hydrogens is 270 g/mol. The zero-order valence-corrected chi connectivity index (χ0v) is 13.2. The van der Waals surface area contributed by atoms with Crippen LogP contribution in [-0.4, -0.2) is 44.7 Å². The van der Waals surface area contributed by atoms with Gasteiger partial charge in [0.1, 0.15) is 12.7 Å². The SMILES string of the molecule is CCCNCc1ccc(OC)c(OCC(O)COCC)c1. The lowest BCUT2D eigenvalue weighted by Gasteiger charge is -2.15. The highest BCUT2D eigenvalue weighted by atomic mass is 16.5. The van der Waals surface area contributed by atoms with Crippen molar-refractivity contribution in [2.24, 2.45) is 0 Å². The summed E-state index contributed by atoms with van der Waals surface area (Å²) in [7, 11) is 1.60. The summed E-state index contributed by atoms with van der Waals surface area (Å²) in [6.45, 7) is 6.83. The van der Waals surface area contributed by atoms with Gasteiger partial charge in [-0.05, 0) is 37.6 Å². The van der Waals surface area contributed by atoms with Crippen LogP contribution in [0.5, 0.6) is 11.5 Å². The van der Waals surface area contributed by atoms with Crippen LogP contribution in [0, 0.1) is 0 Å². The molecule has 0 radical (unpaired) electrons. The topological polar surface area (TPSA) is 60.0 Å². The summed E-state index contributed by atoms with van der Waals surface area (Å²) in [6.07, 6.45) is 0.458. The van der Waals surface area contributed by atoms with Crippen LogP contribution in [0.4, 0.5) is 0 Å². The first kappa shape index (κ1) is 17.8. The van der Waals surface area contributed by atoms with E-state index >= 15 is 0 Å². The van der Waals surface area contributed by atoms with Crippen LogP contribution in [0.3, 0.4) is 0 Å². The van der Waals surface area contributed by atoms with Crippen molar-refractivity contribution in [1.82, 2.24) is 5.32 Å². The second kappa shape index (κ2) is 10.4. The van der Waals surface area contributed by atoms with Crippen molar-refractivity contribution < 1.29 is 19.3 Å². The fourth-order valence-electron chi connectivity index (χ4n) is 1.84. The van der Waals surface area contributed by atoms with Gasteiger partial charge in [0.05, 0.1) is 13.7 Å². The maximum Gasteiger partial charge on any atom is 0.161 e. The lowest BCUT2D eigenvalue weighted by Crippen LogP contribution is -2.23. The van der Waals surface area contributed by atoms with Crippen molar-refractivity contribution in [2.75, 3.05) is 33.5 Å². The minimum Gasteiger partial charge on any atom is -0.493 e. The molecule has 1 atom stereocenters. The molecule has 0 aliphatic carbocycles. The van der Waals surface area contributed by atoms with E-state index in [1.807, 2.05) is 25.1 Å². The fourth-order valence-corrected chi connectivity index (χ4v) is 1.84. The highest BCUT2D eigenvalue weighted by Gasteiger charge is 2.10. The van der Waals surface area contributed by atoms with Gasteiger partial charge < -0.3 is 24.6 Å². The number of nitrogens with one attached hydrogen (secondary N) is 1. The molecule has 0 saturated heterocycles. The third kappa shape index (κ3) is 6.80. The summed E-state index contributed by atoms with van der Waals surface area (Å²) >= 11 is 0. The Morgan fingerprint density at radius 2 is 2.00 bits per heavy atom. The summed E-state index contributed by atoms with van der Waals surface area (Å²) in [4.78, 5) is 0. The Bertz CT molecular complexity index is 398. The van der Waals surface area contributed by atoms with Gasteiger partial charge in [0, 0.05) is 13.2 Å². The first-order chi connectivity index (χ1) is 10.2. The summed E-state index contributed by atoms with van der Waals surface area (Å²) in [6, 6.07) is 5.83. The molecule has 0 saturated carbocycles. The first-order valence-corrected chi connectivity index (χ1v) is 7.47. The fraction of sp³-hybridized carbons (Fsp3) is 0.625. The number of rotatable bonds is 11. The zero-order valence-electron chi connectivity index (χ0n) is 13.2. The highest BCUT2D eigenvalue weighted by Crippen LogP contribution is 2.28. The molecule has 1 aromatic carbocycles. The van der Waals surface area contributed by atoms with E-state index in [2.05, 4.69) is 12.2 Å². The second-order valence-corrected chi connectivity index (χ2v) is 4.79. The van der Waals surface area contributed by atoms with Crippen molar-refractivity contribution >= 4 is 0 Å². The lowest BCUT2D eigenvalue weighted by atomic mass is 10.2. The summed E-state index contributed by atoms with van der Waals surface area (Å²) in [5, 5.41) is 13.1. The lowest BCUT2D eigenvalue weighted by molar-refractivity contribution is 0.0159. The summed E-state index contributed by atoms with van der Waals surface area (Å²) in [5.41, 5.74) is 1.12. The maximum atomic E-state index is 9.74. The number of hydrogen-bond donors (Lipinski definition) is 2. The molecule has 0 spiro atoms. The van der Waals surface area contributed by atoms with E-state index in [9.17, 15) is 5.11 Å². The molecule has 5 nitrogen and oxygen atoms in total. The van der Waals surface area contributed by atoms with Crippen molar-refractivity contribution in [2.45, 2.75) is 32.9 Å². The van der Waals surface area contributed by atoms with Gasteiger partial charge in [-0.15, -0.1) is 0 Å². The Kier molecular flexibility index (Phi) is 8.82. The van der Waals surface area contributed by atoms with Crippen LogP contribution in [0.2, 0.25) is 0 Å². The van der Waals surface area contributed by atoms with Crippen molar-refractivity contribution in [3.05, 3.63) is 23.8 Å². The van der Waals surface area contributed by atoms with E-state index in [0.29, 0.717) is 18.1 Å². The van der Waals surface area contributed by atoms with Crippen molar-refractivity contribution in [3.63, 3.8) is 0 Å². The number of ether oxygens (including phenoxy) is 3. The monoisotopic (exact) mass is 297 g/mol. The standard InChI is InChI=1S/C16H27NO4/c1-4-8-17-10-13-6-7-15(19-3)16(9-13)21-12-14(18)11-20-5-2/h6-7,9,14,17-18H,4-5,8,10-12H2,1-3H3. The molecule has 0 aliphatic rings. The van der Waals surface area contributed by atoms with Crippen LogP contribution >= 0.6 is 0 Å². The molecule has 2 N–H and O–H groups in total. The smallest absolute Gasteiger partial charge is 0.161 e. The van der Waals surface area contributed by atoms with E-state index in [1.54, 1.807) is 7.11 Å². The molecule has 0 fully saturated rings. The molecule has 0 bridgehead atoms. The third-order valence-corrected chi connectivity index (χ3v) is 2.93. The van der Waals surface area contributed by atoms with Gasteiger partial charge in [0.15, 0.2) is 11.5 Å². The largest absolute Gasteiger partial charge is 0.493 e. The molecule has 5 heteroatoms. The van der Waals surface area contributed by atoms with Crippen LogP contribution in [0.1, 0.15) is 25.8 Å². The molecule has 120 valence electrons. The normalized spacial score (nSPS) is 12.2. The Morgan fingerprint density at radius 3 is 2.67 bits per heavy atom.